The van der Waals surface area contributed by atoms with E-state index in [0.29, 0.717) is 13.1 Å². The molecule has 7 heteroatoms. The van der Waals surface area contributed by atoms with Crippen molar-refractivity contribution in [2.75, 3.05) is 38.5 Å². The summed E-state index contributed by atoms with van der Waals surface area (Å²) < 4.78 is 39.9. The van der Waals surface area contributed by atoms with Crippen molar-refractivity contribution in [3.05, 3.63) is 71.0 Å². The van der Waals surface area contributed by atoms with Crippen LogP contribution in [0, 0.1) is 12.7 Å². The Kier molecular flexibility index (Phi) is 6.01. The van der Waals surface area contributed by atoms with Crippen molar-refractivity contribution in [2.24, 2.45) is 0 Å². The van der Waals surface area contributed by atoms with Crippen LogP contribution < -0.4 is 0 Å². The highest BCUT2D eigenvalue weighted by atomic mass is 32.2. The molecule has 2 aromatic rings. The molecule has 0 amide bonds. The predicted molar refractivity (Wildman–Crippen MR) is 112 cm³/mol. The number of nitrogens with zero attached hydrogens (tertiary/aromatic N) is 3. The number of rotatable bonds is 5. The number of hydrogen-bond donors (Lipinski definition) is 0. The summed E-state index contributed by atoms with van der Waals surface area (Å²) in [6, 6.07) is 14.7. The number of aryl methyl sites for hydroxylation is 1. The molecule has 0 radical (unpaired) electrons. The second-order valence-electron chi connectivity index (χ2n) is 8.15. The SMILES string of the molecule is Cc1cccc(CN2CCN(C3CN(Cc4ccc(F)cc4)S(=O)(=O)C3)CC2)c1. The summed E-state index contributed by atoms with van der Waals surface area (Å²) >= 11 is 0. The summed E-state index contributed by atoms with van der Waals surface area (Å²) in [7, 11) is -3.28. The van der Waals surface area contributed by atoms with E-state index >= 15 is 0 Å². The molecule has 0 saturated carbocycles. The summed E-state index contributed by atoms with van der Waals surface area (Å²) in [5.74, 6) is -0.133. The summed E-state index contributed by atoms with van der Waals surface area (Å²) in [5.41, 5.74) is 3.42. The van der Waals surface area contributed by atoms with E-state index in [-0.39, 0.29) is 17.6 Å². The van der Waals surface area contributed by atoms with E-state index in [9.17, 15) is 12.8 Å². The van der Waals surface area contributed by atoms with Crippen LogP contribution in [0.15, 0.2) is 48.5 Å². The van der Waals surface area contributed by atoms with Gasteiger partial charge in [-0.3, -0.25) is 9.80 Å². The third kappa shape index (κ3) is 5.04. The molecule has 2 aromatic carbocycles. The minimum Gasteiger partial charge on any atom is -0.297 e. The van der Waals surface area contributed by atoms with Gasteiger partial charge in [0.15, 0.2) is 0 Å². The molecule has 0 spiro atoms. The van der Waals surface area contributed by atoms with Gasteiger partial charge in [0.25, 0.3) is 0 Å². The Balaban J connectivity index is 1.32. The van der Waals surface area contributed by atoms with Crippen molar-refractivity contribution in [3.8, 4) is 0 Å². The first-order chi connectivity index (χ1) is 13.9. The third-order valence-electron chi connectivity index (χ3n) is 5.89. The maximum atomic E-state index is 13.1. The molecule has 2 fully saturated rings. The summed E-state index contributed by atoms with van der Waals surface area (Å²) in [6.07, 6.45) is 0. The Bertz CT molecular complexity index is 941. The largest absolute Gasteiger partial charge is 0.297 e. The van der Waals surface area contributed by atoms with Gasteiger partial charge in [0, 0.05) is 51.9 Å². The zero-order valence-electron chi connectivity index (χ0n) is 16.8. The van der Waals surface area contributed by atoms with Gasteiger partial charge in [-0.1, -0.05) is 42.0 Å². The van der Waals surface area contributed by atoms with E-state index < -0.39 is 10.0 Å². The van der Waals surface area contributed by atoms with Crippen LogP contribution >= 0.6 is 0 Å². The first kappa shape index (κ1) is 20.5. The fraction of sp³-hybridized carbons (Fsp3) is 0.455. The minimum atomic E-state index is -3.28. The molecular formula is C22H28FN3O2S. The van der Waals surface area contributed by atoms with E-state index in [1.54, 1.807) is 16.4 Å². The molecule has 29 heavy (non-hydrogen) atoms. The first-order valence-electron chi connectivity index (χ1n) is 10.1. The predicted octanol–water partition coefficient (Wildman–Crippen LogP) is 2.47. The van der Waals surface area contributed by atoms with Crippen molar-refractivity contribution < 1.29 is 12.8 Å². The topological polar surface area (TPSA) is 43.9 Å². The zero-order chi connectivity index (χ0) is 20.4. The Hall–Kier alpha value is -1.80. The zero-order valence-corrected chi connectivity index (χ0v) is 17.6. The lowest BCUT2D eigenvalue weighted by atomic mass is 10.1. The van der Waals surface area contributed by atoms with Crippen LogP contribution in [0.1, 0.15) is 16.7 Å². The Morgan fingerprint density at radius 1 is 0.966 bits per heavy atom. The van der Waals surface area contributed by atoms with E-state index in [1.165, 1.54) is 23.3 Å². The molecule has 5 nitrogen and oxygen atoms in total. The highest BCUT2D eigenvalue weighted by molar-refractivity contribution is 7.89. The molecule has 2 aliphatic heterocycles. The Morgan fingerprint density at radius 2 is 1.69 bits per heavy atom. The molecule has 0 aromatic heterocycles. The maximum absolute atomic E-state index is 13.1. The van der Waals surface area contributed by atoms with Crippen LogP contribution in [0.5, 0.6) is 0 Å². The summed E-state index contributed by atoms with van der Waals surface area (Å²) in [5, 5.41) is 0. The molecule has 2 heterocycles. The second kappa shape index (κ2) is 8.52. The number of halogens is 1. The van der Waals surface area contributed by atoms with Gasteiger partial charge in [-0.25, -0.2) is 12.8 Å². The molecule has 1 unspecified atom stereocenters. The fourth-order valence-corrected chi connectivity index (χ4v) is 6.04. The second-order valence-corrected chi connectivity index (χ2v) is 10.2. The van der Waals surface area contributed by atoms with Crippen LogP contribution in [-0.2, 0) is 23.1 Å². The molecule has 4 rings (SSSR count). The lowest BCUT2D eigenvalue weighted by Gasteiger charge is -2.37. The average Bonchev–Trinajstić information content (AvgIpc) is 2.98. The van der Waals surface area contributed by atoms with Gasteiger partial charge >= 0.3 is 0 Å². The molecule has 2 aliphatic rings. The highest BCUT2D eigenvalue weighted by Gasteiger charge is 2.39. The highest BCUT2D eigenvalue weighted by Crippen LogP contribution is 2.23. The molecule has 0 bridgehead atoms. The number of hydrogen-bond acceptors (Lipinski definition) is 4. The van der Waals surface area contributed by atoms with Gasteiger partial charge in [0.1, 0.15) is 5.82 Å². The smallest absolute Gasteiger partial charge is 0.216 e. The monoisotopic (exact) mass is 417 g/mol. The molecule has 0 aliphatic carbocycles. The Morgan fingerprint density at radius 3 is 2.38 bits per heavy atom. The number of piperazine rings is 1. The van der Waals surface area contributed by atoms with Gasteiger partial charge < -0.3 is 0 Å². The van der Waals surface area contributed by atoms with Crippen molar-refractivity contribution in [1.82, 2.24) is 14.1 Å². The fourth-order valence-electron chi connectivity index (χ4n) is 4.28. The van der Waals surface area contributed by atoms with E-state index in [1.807, 2.05) is 0 Å². The molecule has 0 N–H and O–H groups in total. The molecule has 2 saturated heterocycles. The van der Waals surface area contributed by atoms with E-state index in [2.05, 4.69) is 41.0 Å². The standard InChI is InChI=1S/C22H28FN3O2S/c1-18-3-2-4-20(13-18)14-24-9-11-25(12-10-24)22-16-26(29(27,28)17-22)15-19-5-7-21(23)8-6-19/h2-8,13,22H,9-12,14-17H2,1H3. The van der Waals surface area contributed by atoms with Crippen molar-refractivity contribution in [1.29, 1.82) is 0 Å². The summed E-state index contributed by atoms with van der Waals surface area (Å²) in [4.78, 5) is 4.75. The average molecular weight is 418 g/mol. The van der Waals surface area contributed by atoms with Crippen LogP contribution in [-0.4, -0.2) is 67.0 Å². The van der Waals surface area contributed by atoms with Crippen LogP contribution in [0.4, 0.5) is 4.39 Å². The molecule has 156 valence electrons. The van der Waals surface area contributed by atoms with Gasteiger partial charge in [-0.2, -0.15) is 4.31 Å². The number of sulfonamides is 1. The molecule has 1 atom stereocenters. The third-order valence-corrected chi connectivity index (χ3v) is 7.77. The Labute approximate surface area is 172 Å². The molecular weight excluding hydrogens is 389 g/mol. The summed E-state index contributed by atoms with van der Waals surface area (Å²) in [6.45, 7) is 7.54. The van der Waals surface area contributed by atoms with E-state index in [4.69, 9.17) is 0 Å². The van der Waals surface area contributed by atoms with Crippen LogP contribution in [0.2, 0.25) is 0 Å². The lowest BCUT2D eigenvalue weighted by molar-refractivity contribution is 0.0967. The number of benzene rings is 2. The maximum Gasteiger partial charge on any atom is 0.216 e. The van der Waals surface area contributed by atoms with Gasteiger partial charge in [-0.05, 0) is 30.2 Å². The van der Waals surface area contributed by atoms with Crippen molar-refractivity contribution in [3.63, 3.8) is 0 Å². The van der Waals surface area contributed by atoms with Crippen LogP contribution in [0.25, 0.3) is 0 Å². The van der Waals surface area contributed by atoms with Crippen molar-refractivity contribution in [2.45, 2.75) is 26.1 Å². The van der Waals surface area contributed by atoms with Gasteiger partial charge in [0.05, 0.1) is 5.75 Å². The van der Waals surface area contributed by atoms with E-state index in [0.717, 1.165) is 38.3 Å². The van der Waals surface area contributed by atoms with Gasteiger partial charge in [-0.15, -0.1) is 0 Å². The first-order valence-corrected chi connectivity index (χ1v) is 11.7. The lowest BCUT2D eigenvalue weighted by Crippen LogP contribution is -2.51. The quantitative estimate of drug-likeness (QED) is 0.750. The van der Waals surface area contributed by atoms with Gasteiger partial charge in [0.2, 0.25) is 10.0 Å². The van der Waals surface area contributed by atoms with Crippen LogP contribution in [0.3, 0.4) is 0 Å². The van der Waals surface area contributed by atoms with Crippen molar-refractivity contribution >= 4 is 10.0 Å². The normalized spacial score (nSPS) is 23.4. The minimum absolute atomic E-state index is 0.0292.